The molecule has 4 heteroatoms. The first-order valence-corrected chi connectivity index (χ1v) is 16.8. The van der Waals surface area contributed by atoms with Gasteiger partial charge in [-0.1, -0.05) is 117 Å². The average molecular weight is 717 g/mol. The van der Waals surface area contributed by atoms with Gasteiger partial charge in [0.15, 0.2) is 0 Å². The molecular formula is C44H53N2OZr+. The summed E-state index contributed by atoms with van der Waals surface area (Å²) in [5, 5.41) is 19.3. The van der Waals surface area contributed by atoms with E-state index in [1.54, 1.807) is 0 Å². The van der Waals surface area contributed by atoms with Crippen LogP contribution in [0.25, 0.3) is 5.32 Å². The maximum absolute atomic E-state index is 10.8. The summed E-state index contributed by atoms with van der Waals surface area (Å²) in [6, 6.07) is 40.8. The third kappa shape index (κ3) is 14.2. The summed E-state index contributed by atoms with van der Waals surface area (Å²) in [5.74, 6) is 1.36. The first-order chi connectivity index (χ1) is 22.7. The summed E-state index contributed by atoms with van der Waals surface area (Å²) < 4.78 is 0. The second-order valence-corrected chi connectivity index (χ2v) is 12.5. The van der Waals surface area contributed by atoms with Crippen molar-refractivity contribution in [2.45, 2.75) is 59.3 Å². The Labute approximate surface area is 310 Å². The molecule has 0 spiro atoms. The van der Waals surface area contributed by atoms with E-state index in [0.717, 1.165) is 54.7 Å². The van der Waals surface area contributed by atoms with E-state index in [-0.39, 0.29) is 26.2 Å². The Morgan fingerprint density at radius 1 is 0.646 bits per heavy atom. The smallest absolute Gasteiger partial charge is 0.683 e. The van der Waals surface area contributed by atoms with Crippen LogP contribution in [0.15, 0.2) is 121 Å². The fourth-order valence-corrected chi connectivity index (χ4v) is 5.32. The van der Waals surface area contributed by atoms with Gasteiger partial charge in [-0.05, 0) is 55.0 Å². The topological polar surface area (TPSA) is 46.4 Å². The molecule has 2 N–H and O–H groups in total. The van der Waals surface area contributed by atoms with Crippen molar-refractivity contribution in [3.05, 3.63) is 185 Å². The molecule has 0 aliphatic rings. The summed E-state index contributed by atoms with van der Waals surface area (Å²) in [5.41, 5.74) is 10.4. The van der Waals surface area contributed by atoms with Crippen molar-refractivity contribution in [3.63, 3.8) is 0 Å². The molecule has 0 aliphatic heterocycles. The predicted octanol–water partition coefficient (Wildman–Crippen LogP) is 11.1. The van der Waals surface area contributed by atoms with Crippen molar-refractivity contribution in [2.75, 3.05) is 19.6 Å². The van der Waals surface area contributed by atoms with E-state index in [1.165, 1.54) is 27.9 Å². The Morgan fingerprint density at radius 2 is 1.12 bits per heavy atom. The molecule has 0 saturated carbocycles. The van der Waals surface area contributed by atoms with Crippen LogP contribution in [-0.4, -0.2) is 24.7 Å². The van der Waals surface area contributed by atoms with Crippen LogP contribution in [-0.2, 0) is 39.0 Å². The molecule has 0 atom stereocenters. The minimum absolute atomic E-state index is 0. The second kappa shape index (κ2) is 22.0. The second-order valence-electron chi connectivity index (χ2n) is 12.5. The van der Waals surface area contributed by atoms with Crippen molar-refractivity contribution in [1.29, 1.82) is 0 Å². The standard InChI is InChI=1S/C30H39N2O.2C7H7.Zr/c1-21(2)27-12-9-13-28(22(3)4)29(27)32-17-16-31-15-14-25-18-23(5)19-26(30(25)33)20-24-10-7-6-8-11-24;2*1-7-5-3-2-4-6-7;/h6-13,18-19,21-22,31,33H,14-17,20H2,1-5H3;2*2-6H,1H2;/q3*-1;+4. The Bertz CT molecular complexity index is 1520. The summed E-state index contributed by atoms with van der Waals surface area (Å²) in [4.78, 5) is 0. The number of phenolic OH excluding ortho intramolecular Hbond substituents is 1. The van der Waals surface area contributed by atoms with Crippen LogP contribution in [0.1, 0.15) is 84.0 Å². The zero-order valence-electron chi connectivity index (χ0n) is 29.5. The number of aromatic hydroxyl groups is 1. The van der Waals surface area contributed by atoms with Crippen LogP contribution in [0.5, 0.6) is 5.75 Å². The van der Waals surface area contributed by atoms with Gasteiger partial charge in [0.05, 0.1) is 0 Å². The zero-order valence-corrected chi connectivity index (χ0v) is 32.0. The molecular weight excluding hydrogens is 664 g/mol. The van der Waals surface area contributed by atoms with Crippen molar-refractivity contribution in [2.24, 2.45) is 0 Å². The van der Waals surface area contributed by atoms with Crippen molar-refractivity contribution < 1.29 is 31.3 Å². The summed E-state index contributed by atoms with van der Waals surface area (Å²) in [6.45, 7) is 20.9. The van der Waals surface area contributed by atoms with E-state index in [9.17, 15) is 5.11 Å². The quantitative estimate of drug-likeness (QED) is 0.106. The van der Waals surface area contributed by atoms with Gasteiger partial charge >= 0.3 is 26.2 Å². The molecule has 248 valence electrons. The first-order valence-electron chi connectivity index (χ1n) is 16.8. The van der Waals surface area contributed by atoms with Gasteiger partial charge in [0, 0.05) is 6.42 Å². The van der Waals surface area contributed by atoms with Gasteiger partial charge in [0.1, 0.15) is 5.75 Å². The van der Waals surface area contributed by atoms with Crippen molar-refractivity contribution in [3.8, 4) is 5.75 Å². The van der Waals surface area contributed by atoms with E-state index in [1.807, 2.05) is 78.9 Å². The predicted molar refractivity (Wildman–Crippen MR) is 203 cm³/mol. The molecule has 0 radical (unpaired) electrons. The zero-order chi connectivity index (χ0) is 34.0. The molecule has 0 aliphatic carbocycles. The number of benzene rings is 5. The normalized spacial score (nSPS) is 10.3. The van der Waals surface area contributed by atoms with Gasteiger partial charge in [-0.15, -0.1) is 36.5 Å². The van der Waals surface area contributed by atoms with Crippen LogP contribution in [0.3, 0.4) is 0 Å². The number of hydrogen-bond donors (Lipinski definition) is 2. The first kappa shape index (κ1) is 40.5. The number of rotatable bonds is 11. The number of aryl methyl sites for hydroxylation is 1. The monoisotopic (exact) mass is 715 g/mol. The SMILES string of the molecule is Cc1cc(CCNCC[N-]c2c(C(C)C)cccc2C(C)C)c(O)c(Cc2ccccc2)c1.[CH2-]c1ccccc1.[CH2-]c1ccccc1.[Zr+4]. The molecule has 0 aromatic heterocycles. The Morgan fingerprint density at radius 3 is 1.58 bits per heavy atom. The molecule has 5 aromatic carbocycles. The van der Waals surface area contributed by atoms with Crippen molar-refractivity contribution >= 4 is 5.69 Å². The van der Waals surface area contributed by atoms with E-state index in [0.29, 0.717) is 17.6 Å². The van der Waals surface area contributed by atoms with Crippen LogP contribution in [0.4, 0.5) is 5.69 Å². The van der Waals surface area contributed by atoms with E-state index >= 15 is 0 Å². The van der Waals surface area contributed by atoms with E-state index in [2.05, 4.69) is 96.2 Å². The molecule has 0 fully saturated rings. The number of para-hydroxylation sites is 1. The summed E-state index contributed by atoms with van der Waals surface area (Å²) >= 11 is 0. The third-order valence-corrected chi connectivity index (χ3v) is 7.81. The maximum atomic E-state index is 10.8. The minimum atomic E-state index is 0. The Kier molecular flexibility index (Phi) is 18.6. The van der Waals surface area contributed by atoms with Gasteiger partial charge in [-0.2, -0.15) is 49.2 Å². The largest absolute Gasteiger partial charge is 4.00 e. The molecule has 0 amide bonds. The molecule has 48 heavy (non-hydrogen) atoms. The van der Waals surface area contributed by atoms with Crippen LogP contribution >= 0.6 is 0 Å². The number of nitrogens with zero attached hydrogens (tertiary/aromatic N) is 1. The summed E-state index contributed by atoms with van der Waals surface area (Å²) in [7, 11) is 0. The molecule has 5 aromatic rings. The Balaban J connectivity index is 0.000000437. The molecule has 0 bridgehead atoms. The molecule has 0 heterocycles. The van der Waals surface area contributed by atoms with Gasteiger partial charge in [-0.25, -0.2) is 0 Å². The number of nitrogens with one attached hydrogen (secondary N) is 1. The fraction of sp³-hybridized carbons (Fsp3) is 0.273. The molecule has 0 unspecified atom stereocenters. The van der Waals surface area contributed by atoms with Gasteiger partial charge in [0.25, 0.3) is 0 Å². The number of phenols is 1. The third-order valence-electron chi connectivity index (χ3n) is 7.81. The van der Waals surface area contributed by atoms with Crippen LogP contribution in [0.2, 0.25) is 0 Å². The number of hydrogen-bond acceptors (Lipinski definition) is 2. The molecule has 3 nitrogen and oxygen atoms in total. The van der Waals surface area contributed by atoms with E-state index < -0.39 is 0 Å². The van der Waals surface area contributed by atoms with Gasteiger partial charge in [0.2, 0.25) is 0 Å². The average Bonchev–Trinajstić information content (AvgIpc) is 3.06. The summed E-state index contributed by atoms with van der Waals surface area (Å²) in [6.07, 6.45) is 1.55. The molecule has 0 saturated heterocycles. The van der Waals surface area contributed by atoms with Gasteiger partial charge in [-0.3, -0.25) is 0 Å². The molecule has 5 rings (SSSR count). The minimum Gasteiger partial charge on any atom is -0.683 e. The van der Waals surface area contributed by atoms with Gasteiger partial charge < -0.3 is 15.7 Å². The van der Waals surface area contributed by atoms with Crippen LogP contribution in [0, 0.1) is 20.8 Å². The van der Waals surface area contributed by atoms with Crippen molar-refractivity contribution in [1.82, 2.24) is 5.32 Å². The van der Waals surface area contributed by atoms with E-state index in [4.69, 9.17) is 5.32 Å². The fourth-order valence-electron chi connectivity index (χ4n) is 5.32. The Hall–Kier alpha value is -3.72. The van der Waals surface area contributed by atoms with Crippen LogP contribution < -0.4 is 5.32 Å². The maximum Gasteiger partial charge on any atom is 4.00 e.